The fraction of sp³-hybridized carbons (Fsp3) is 0.562. The molecule has 108 valence electrons. The Kier molecular flexibility index (Phi) is 4.03. The van der Waals surface area contributed by atoms with Gasteiger partial charge in [0.1, 0.15) is 0 Å². The van der Waals surface area contributed by atoms with Gasteiger partial charge in [0.25, 0.3) is 5.91 Å². The molecule has 1 aliphatic carbocycles. The van der Waals surface area contributed by atoms with E-state index >= 15 is 0 Å². The third-order valence-corrected chi connectivity index (χ3v) is 4.44. The van der Waals surface area contributed by atoms with Gasteiger partial charge >= 0.3 is 0 Å². The molecule has 0 bridgehead atoms. The van der Waals surface area contributed by atoms with E-state index in [-0.39, 0.29) is 11.9 Å². The summed E-state index contributed by atoms with van der Waals surface area (Å²) in [5.41, 5.74) is 3.32. The van der Waals surface area contributed by atoms with E-state index in [1.807, 2.05) is 12.1 Å². The van der Waals surface area contributed by atoms with Gasteiger partial charge in [-0.05, 0) is 49.4 Å². The molecular weight excluding hydrogens is 252 g/mol. The van der Waals surface area contributed by atoms with Crippen LogP contribution in [0.5, 0.6) is 0 Å². The van der Waals surface area contributed by atoms with Crippen molar-refractivity contribution in [2.45, 2.75) is 44.4 Å². The van der Waals surface area contributed by atoms with Crippen molar-refractivity contribution in [3.05, 3.63) is 34.9 Å². The normalized spacial score (nSPS) is 25.2. The van der Waals surface area contributed by atoms with Crippen LogP contribution in [0, 0.1) is 0 Å². The van der Waals surface area contributed by atoms with Crippen molar-refractivity contribution in [3.8, 4) is 0 Å². The number of ether oxygens (including phenoxy) is 1. The van der Waals surface area contributed by atoms with Crippen molar-refractivity contribution in [2.24, 2.45) is 0 Å². The summed E-state index contributed by atoms with van der Waals surface area (Å²) in [6.45, 7) is 1.82. The topological polar surface area (TPSA) is 50.4 Å². The van der Waals surface area contributed by atoms with Crippen LogP contribution in [0.1, 0.15) is 40.7 Å². The highest BCUT2D eigenvalue weighted by atomic mass is 16.5. The van der Waals surface area contributed by atoms with Crippen LogP contribution in [0.3, 0.4) is 0 Å². The summed E-state index contributed by atoms with van der Waals surface area (Å²) in [6, 6.07) is 6.29. The molecule has 1 amide bonds. The number of carbonyl (C=O) groups excluding carboxylic acids is 1. The zero-order chi connectivity index (χ0) is 13.9. The monoisotopic (exact) mass is 274 g/mol. The first-order chi connectivity index (χ1) is 9.78. The Morgan fingerprint density at radius 1 is 1.40 bits per heavy atom. The minimum Gasteiger partial charge on any atom is -0.381 e. The Morgan fingerprint density at radius 2 is 2.30 bits per heavy atom. The van der Waals surface area contributed by atoms with Crippen molar-refractivity contribution in [1.82, 2.24) is 10.6 Å². The number of fused-ring (bicyclic) bond motifs is 1. The molecule has 4 heteroatoms. The van der Waals surface area contributed by atoms with E-state index in [0.29, 0.717) is 6.10 Å². The molecule has 1 saturated carbocycles. The molecule has 0 aromatic heterocycles. The van der Waals surface area contributed by atoms with Gasteiger partial charge in [-0.3, -0.25) is 4.79 Å². The van der Waals surface area contributed by atoms with Crippen molar-refractivity contribution in [2.75, 3.05) is 13.7 Å². The second kappa shape index (κ2) is 5.94. The Labute approximate surface area is 119 Å². The van der Waals surface area contributed by atoms with E-state index in [2.05, 4.69) is 16.7 Å². The predicted molar refractivity (Wildman–Crippen MR) is 77.8 cm³/mol. The van der Waals surface area contributed by atoms with Crippen molar-refractivity contribution in [1.29, 1.82) is 0 Å². The van der Waals surface area contributed by atoms with Gasteiger partial charge in [-0.25, -0.2) is 0 Å². The van der Waals surface area contributed by atoms with E-state index in [0.717, 1.165) is 44.3 Å². The molecule has 1 heterocycles. The van der Waals surface area contributed by atoms with Crippen LogP contribution in [0.15, 0.2) is 18.2 Å². The fourth-order valence-electron chi connectivity index (χ4n) is 3.29. The number of carbonyl (C=O) groups is 1. The molecule has 1 fully saturated rings. The molecule has 4 nitrogen and oxygen atoms in total. The van der Waals surface area contributed by atoms with Gasteiger partial charge in [0.05, 0.1) is 6.10 Å². The van der Waals surface area contributed by atoms with Gasteiger partial charge in [-0.2, -0.15) is 0 Å². The first-order valence-corrected chi connectivity index (χ1v) is 7.43. The molecule has 20 heavy (non-hydrogen) atoms. The molecule has 2 aliphatic rings. The summed E-state index contributed by atoms with van der Waals surface area (Å²) in [5.74, 6) is 0.0745. The van der Waals surface area contributed by atoms with Crippen LogP contribution in [-0.4, -0.2) is 31.7 Å². The highest BCUT2D eigenvalue weighted by Gasteiger charge is 2.27. The first kappa shape index (κ1) is 13.6. The molecule has 1 aliphatic heterocycles. The van der Waals surface area contributed by atoms with Crippen LogP contribution >= 0.6 is 0 Å². The maximum Gasteiger partial charge on any atom is 0.251 e. The fourth-order valence-corrected chi connectivity index (χ4v) is 3.29. The lowest BCUT2D eigenvalue weighted by Crippen LogP contribution is -2.35. The number of hydrogen-bond acceptors (Lipinski definition) is 3. The number of benzene rings is 1. The largest absolute Gasteiger partial charge is 0.381 e. The number of hydrogen-bond donors (Lipinski definition) is 2. The zero-order valence-electron chi connectivity index (χ0n) is 11.9. The van der Waals surface area contributed by atoms with E-state index in [1.165, 1.54) is 11.1 Å². The van der Waals surface area contributed by atoms with Crippen molar-refractivity contribution < 1.29 is 9.53 Å². The van der Waals surface area contributed by atoms with Crippen molar-refractivity contribution >= 4 is 5.91 Å². The maximum absolute atomic E-state index is 12.5. The van der Waals surface area contributed by atoms with Gasteiger partial charge in [0, 0.05) is 25.3 Å². The Bertz CT molecular complexity index is 501. The Balaban J connectivity index is 1.71. The molecule has 2 unspecified atom stereocenters. The molecular formula is C16H22N2O2. The molecule has 2 atom stereocenters. The summed E-state index contributed by atoms with van der Waals surface area (Å²) in [7, 11) is 1.75. The maximum atomic E-state index is 12.5. The standard InChI is InChI=1S/C16H22N2O2/c1-20-13-6-5-12(9-13)18-16(19)15-4-2-3-11-10-17-8-7-14(11)15/h2-4,12-13,17H,5-10H2,1H3,(H,18,19). The van der Waals surface area contributed by atoms with Gasteiger partial charge in [0.2, 0.25) is 0 Å². The lowest BCUT2D eigenvalue weighted by Gasteiger charge is -2.21. The predicted octanol–water partition coefficient (Wildman–Crippen LogP) is 1.63. The van der Waals surface area contributed by atoms with Crippen LogP contribution in [0.2, 0.25) is 0 Å². The van der Waals surface area contributed by atoms with Crippen LogP contribution < -0.4 is 10.6 Å². The van der Waals surface area contributed by atoms with Crippen LogP contribution in [0.4, 0.5) is 0 Å². The molecule has 3 rings (SSSR count). The van der Waals surface area contributed by atoms with E-state index < -0.39 is 0 Å². The molecule has 1 aromatic rings. The molecule has 0 radical (unpaired) electrons. The smallest absolute Gasteiger partial charge is 0.251 e. The Hall–Kier alpha value is -1.39. The van der Waals surface area contributed by atoms with E-state index in [1.54, 1.807) is 7.11 Å². The lowest BCUT2D eigenvalue weighted by molar-refractivity contribution is 0.0914. The highest BCUT2D eigenvalue weighted by Crippen LogP contribution is 2.23. The SMILES string of the molecule is COC1CCC(NC(=O)c2cccc3c2CCNC3)C1. The van der Waals surface area contributed by atoms with Gasteiger partial charge in [-0.15, -0.1) is 0 Å². The van der Waals surface area contributed by atoms with Gasteiger partial charge in [-0.1, -0.05) is 12.1 Å². The van der Waals surface area contributed by atoms with Crippen LogP contribution in [-0.2, 0) is 17.7 Å². The van der Waals surface area contributed by atoms with Crippen LogP contribution in [0.25, 0.3) is 0 Å². The summed E-state index contributed by atoms with van der Waals surface area (Å²) in [5, 5.41) is 6.52. The molecule has 1 aromatic carbocycles. The van der Waals surface area contributed by atoms with Crippen molar-refractivity contribution in [3.63, 3.8) is 0 Å². The van der Waals surface area contributed by atoms with Gasteiger partial charge < -0.3 is 15.4 Å². The third kappa shape index (κ3) is 2.72. The quantitative estimate of drug-likeness (QED) is 0.881. The number of nitrogens with one attached hydrogen (secondary N) is 2. The minimum absolute atomic E-state index is 0.0745. The highest BCUT2D eigenvalue weighted by molar-refractivity contribution is 5.96. The number of rotatable bonds is 3. The van der Waals surface area contributed by atoms with E-state index in [4.69, 9.17) is 4.74 Å². The average molecular weight is 274 g/mol. The summed E-state index contributed by atoms with van der Waals surface area (Å²) in [4.78, 5) is 12.5. The molecule has 0 spiro atoms. The molecule has 0 saturated heterocycles. The van der Waals surface area contributed by atoms with E-state index in [9.17, 15) is 4.79 Å². The third-order valence-electron chi connectivity index (χ3n) is 4.44. The summed E-state index contributed by atoms with van der Waals surface area (Å²) in [6.07, 6.45) is 4.22. The minimum atomic E-state index is 0.0745. The second-order valence-corrected chi connectivity index (χ2v) is 5.71. The first-order valence-electron chi connectivity index (χ1n) is 7.43. The summed E-state index contributed by atoms with van der Waals surface area (Å²) < 4.78 is 5.36. The number of methoxy groups -OCH3 is 1. The second-order valence-electron chi connectivity index (χ2n) is 5.71. The summed E-state index contributed by atoms with van der Waals surface area (Å²) >= 11 is 0. The Morgan fingerprint density at radius 3 is 3.10 bits per heavy atom. The lowest BCUT2D eigenvalue weighted by atomic mass is 9.95. The number of amides is 1. The average Bonchev–Trinajstić information content (AvgIpc) is 2.94. The molecule has 2 N–H and O–H groups in total. The zero-order valence-corrected chi connectivity index (χ0v) is 11.9. The van der Waals surface area contributed by atoms with Gasteiger partial charge in [0.15, 0.2) is 0 Å².